The van der Waals surface area contributed by atoms with E-state index in [1.54, 1.807) is 0 Å². The Bertz CT molecular complexity index is 119. The van der Waals surface area contributed by atoms with Crippen LogP contribution in [0, 0.1) is 6.92 Å². The highest BCUT2D eigenvalue weighted by Crippen LogP contribution is 2.03. The molecule has 0 spiro atoms. The molecule has 1 aliphatic rings. The minimum Gasteiger partial charge on any atom is -0.355 e. The summed E-state index contributed by atoms with van der Waals surface area (Å²) < 4.78 is 0. The van der Waals surface area contributed by atoms with Crippen LogP contribution in [-0.2, 0) is 4.79 Å². The summed E-state index contributed by atoms with van der Waals surface area (Å²) in [5.74, 6) is 0.0903. The molecule has 10 heavy (non-hydrogen) atoms. The molecule has 1 unspecified atom stereocenters. The molecule has 0 bridgehead atoms. The molecule has 1 fully saturated rings. The van der Waals surface area contributed by atoms with Crippen molar-refractivity contribution >= 4 is 5.91 Å². The summed E-state index contributed by atoms with van der Waals surface area (Å²) in [5.41, 5.74) is 0. The van der Waals surface area contributed by atoms with E-state index >= 15 is 0 Å². The molecule has 1 heterocycles. The molecule has 1 saturated heterocycles. The Balaban J connectivity index is 2.25. The van der Waals surface area contributed by atoms with Crippen molar-refractivity contribution in [3.05, 3.63) is 6.92 Å². The summed E-state index contributed by atoms with van der Waals surface area (Å²) >= 11 is 0. The fourth-order valence-electron chi connectivity index (χ4n) is 1.15. The quantitative estimate of drug-likeness (QED) is 0.554. The summed E-state index contributed by atoms with van der Waals surface area (Å²) in [5, 5.41) is 5.78. The molecule has 1 aliphatic heterocycles. The second-order valence-corrected chi connectivity index (χ2v) is 2.44. The highest BCUT2D eigenvalue weighted by atomic mass is 16.2. The minimum absolute atomic E-state index is 0.0433. The number of nitrogens with one attached hydrogen (secondary N) is 2. The number of carbonyl (C=O) groups is 1. The lowest BCUT2D eigenvalue weighted by Crippen LogP contribution is -2.40. The molecule has 1 atom stereocenters. The summed E-state index contributed by atoms with van der Waals surface area (Å²) in [7, 11) is 0. The third kappa shape index (κ3) is 1.70. The van der Waals surface area contributed by atoms with Crippen molar-refractivity contribution in [2.75, 3.05) is 13.1 Å². The lowest BCUT2D eigenvalue weighted by Gasteiger charge is -2.08. The van der Waals surface area contributed by atoms with Gasteiger partial charge in [0.25, 0.3) is 0 Å². The van der Waals surface area contributed by atoms with Crippen LogP contribution in [0.25, 0.3) is 0 Å². The molecule has 0 aliphatic carbocycles. The molecule has 1 amide bonds. The van der Waals surface area contributed by atoms with E-state index in [0.717, 1.165) is 19.4 Å². The van der Waals surface area contributed by atoms with Crippen molar-refractivity contribution in [1.82, 2.24) is 10.6 Å². The van der Waals surface area contributed by atoms with Crippen molar-refractivity contribution in [2.24, 2.45) is 0 Å². The van der Waals surface area contributed by atoms with E-state index in [1.807, 2.05) is 0 Å². The van der Waals surface area contributed by atoms with Gasteiger partial charge in [-0.15, -0.1) is 0 Å². The van der Waals surface area contributed by atoms with E-state index in [2.05, 4.69) is 17.6 Å². The molecule has 1 radical (unpaired) electrons. The first kappa shape index (κ1) is 7.54. The lowest BCUT2D eigenvalue weighted by atomic mass is 10.2. The van der Waals surface area contributed by atoms with Crippen molar-refractivity contribution < 1.29 is 4.79 Å². The Labute approximate surface area is 61.2 Å². The molecule has 2 N–H and O–H groups in total. The lowest BCUT2D eigenvalue weighted by molar-refractivity contribution is -0.122. The van der Waals surface area contributed by atoms with E-state index in [0.29, 0.717) is 6.54 Å². The van der Waals surface area contributed by atoms with Gasteiger partial charge >= 0.3 is 0 Å². The highest BCUT2D eigenvalue weighted by Gasteiger charge is 2.20. The monoisotopic (exact) mass is 141 g/mol. The van der Waals surface area contributed by atoms with Crippen LogP contribution in [0.1, 0.15) is 12.8 Å². The average Bonchev–Trinajstić information content (AvgIpc) is 2.38. The second-order valence-electron chi connectivity index (χ2n) is 2.44. The molecule has 3 heteroatoms. The van der Waals surface area contributed by atoms with E-state index in [4.69, 9.17) is 0 Å². The van der Waals surface area contributed by atoms with Gasteiger partial charge in [-0.05, 0) is 26.3 Å². The molecular weight excluding hydrogens is 128 g/mol. The minimum atomic E-state index is 0.0433. The number of hydrogen-bond donors (Lipinski definition) is 2. The third-order valence-corrected chi connectivity index (χ3v) is 1.68. The van der Waals surface area contributed by atoms with Crippen LogP contribution in [0.15, 0.2) is 0 Å². The predicted octanol–water partition coefficient (Wildman–Crippen LogP) is -0.311. The maximum Gasteiger partial charge on any atom is 0.237 e. The van der Waals surface area contributed by atoms with E-state index in [1.165, 1.54) is 0 Å². The molecule has 3 nitrogen and oxygen atoms in total. The third-order valence-electron chi connectivity index (χ3n) is 1.68. The molecule has 57 valence electrons. The van der Waals surface area contributed by atoms with Crippen LogP contribution in [0.4, 0.5) is 0 Å². The summed E-state index contributed by atoms with van der Waals surface area (Å²) in [4.78, 5) is 11.0. The van der Waals surface area contributed by atoms with Crippen LogP contribution in [0.5, 0.6) is 0 Å². The number of carbonyl (C=O) groups excluding carboxylic acids is 1. The Morgan fingerprint density at radius 2 is 2.60 bits per heavy atom. The van der Waals surface area contributed by atoms with Crippen LogP contribution in [0.2, 0.25) is 0 Å². The fraction of sp³-hybridized carbons (Fsp3) is 0.714. The summed E-state index contributed by atoms with van der Waals surface area (Å²) in [6, 6.07) is 0.0433. The predicted molar refractivity (Wildman–Crippen MR) is 39.4 cm³/mol. The van der Waals surface area contributed by atoms with Gasteiger partial charge in [0.05, 0.1) is 6.04 Å². The van der Waals surface area contributed by atoms with Gasteiger partial charge in [0.2, 0.25) is 5.91 Å². The maximum atomic E-state index is 11.0. The molecule has 0 aromatic carbocycles. The Kier molecular flexibility index (Phi) is 2.68. The van der Waals surface area contributed by atoms with Gasteiger partial charge < -0.3 is 10.6 Å². The molecular formula is C7H13N2O. The van der Waals surface area contributed by atoms with Crippen molar-refractivity contribution in [2.45, 2.75) is 18.9 Å². The highest BCUT2D eigenvalue weighted by molar-refractivity contribution is 5.81. The zero-order chi connectivity index (χ0) is 7.40. The largest absolute Gasteiger partial charge is 0.355 e. The van der Waals surface area contributed by atoms with Crippen molar-refractivity contribution in [1.29, 1.82) is 0 Å². The Morgan fingerprint density at radius 3 is 3.10 bits per heavy atom. The van der Waals surface area contributed by atoms with Crippen LogP contribution in [-0.4, -0.2) is 25.0 Å². The van der Waals surface area contributed by atoms with E-state index < -0.39 is 0 Å². The first-order chi connectivity index (χ1) is 4.84. The molecule has 0 aromatic rings. The molecule has 0 saturated carbocycles. The van der Waals surface area contributed by atoms with Gasteiger partial charge in [0.15, 0.2) is 0 Å². The average molecular weight is 141 g/mol. The smallest absolute Gasteiger partial charge is 0.237 e. The van der Waals surface area contributed by atoms with Gasteiger partial charge in [-0.3, -0.25) is 4.79 Å². The standard InChI is InChI=1S/C7H13N2O/c1-2-8-7(10)6-4-3-5-9-6/h6,9H,1-5H2,(H,8,10). The Hall–Kier alpha value is -0.570. The van der Waals surface area contributed by atoms with E-state index in [-0.39, 0.29) is 11.9 Å². The zero-order valence-corrected chi connectivity index (χ0v) is 6.02. The molecule has 1 rings (SSSR count). The SMILES string of the molecule is [CH2]CNC(=O)C1CCCN1. The fourth-order valence-corrected chi connectivity index (χ4v) is 1.15. The Morgan fingerprint density at radius 1 is 1.80 bits per heavy atom. The van der Waals surface area contributed by atoms with Crippen molar-refractivity contribution in [3.8, 4) is 0 Å². The number of rotatable bonds is 2. The topological polar surface area (TPSA) is 41.1 Å². The first-order valence-corrected chi connectivity index (χ1v) is 3.65. The van der Waals surface area contributed by atoms with Crippen LogP contribution < -0.4 is 10.6 Å². The van der Waals surface area contributed by atoms with Crippen LogP contribution >= 0.6 is 0 Å². The van der Waals surface area contributed by atoms with Gasteiger partial charge in [0.1, 0.15) is 0 Å². The van der Waals surface area contributed by atoms with Crippen molar-refractivity contribution in [3.63, 3.8) is 0 Å². The number of hydrogen-bond acceptors (Lipinski definition) is 2. The maximum absolute atomic E-state index is 11.0. The number of amides is 1. The normalized spacial score (nSPS) is 24.7. The van der Waals surface area contributed by atoms with Crippen LogP contribution in [0.3, 0.4) is 0 Å². The van der Waals surface area contributed by atoms with Gasteiger partial charge in [-0.1, -0.05) is 0 Å². The van der Waals surface area contributed by atoms with E-state index in [9.17, 15) is 4.79 Å². The van der Waals surface area contributed by atoms with Gasteiger partial charge in [-0.2, -0.15) is 0 Å². The van der Waals surface area contributed by atoms with Gasteiger partial charge in [0, 0.05) is 6.54 Å². The first-order valence-electron chi connectivity index (χ1n) is 3.65. The molecule has 0 aromatic heterocycles. The second kappa shape index (κ2) is 3.56. The zero-order valence-electron chi connectivity index (χ0n) is 6.02. The summed E-state index contributed by atoms with van der Waals surface area (Å²) in [6.07, 6.45) is 2.07. The summed E-state index contributed by atoms with van der Waals surface area (Å²) in [6.45, 7) is 4.99. The van der Waals surface area contributed by atoms with Gasteiger partial charge in [-0.25, -0.2) is 0 Å².